The smallest absolute Gasteiger partial charge is 0.157 e. The van der Waals surface area contributed by atoms with Gasteiger partial charge in [-0.15, -0.1) is 0 Å². The molecule has 86 valence electrons. The molecule has 0 amide bonds. The summed E-state index contributed by atoms with van der Waals surface area (Å²) in [6, 6.07) is 8.35. The van der Waals surface area contributed by atoms with Gasteiger partial charge in [0.15, 0.2) is 7.28 Å². The van der Waals surface area contributed by atoms with Crippen LogP contribution in [0.1, 0.15) is 19.8 Å². The van der Waals surface area contributed by atoms with Crippen LogP contribution in [-0.4, -0.2) is 25.3 Å². The van der Waals surface area contributed by atoms with Crippen LogP contribution in [0.5, 0.6) is 5.75 Å². The molecule has 0 aliphatic rings. The lowest BCUT2D eigenvalue weighted by Gasteiger charge is -2.01. The minimum absolute atomic E-state index is 0. The number of hydrogen-bond acceptors (Lipinski definition) is 1. The van der Waals surface area contributed by atoms with Crippen molar-refractivity contribution in [2.24, 2.45) is 0 Å². The molecule has 0 fully saturated rings. The first-order valence-corrected chi connectivity index (χ1v) is 4.99. The summed E-state index contributed by atoms with van der Waals surface area (Å²) in [4.78, 5) is 0. The third-order valence-electron chi connectivity index (χ3n) is 2.23. The van der Waals surface area contributed by atoms with Gasteiger partial charge in [-0.3, -0.25) is 0 Å². The SMILES string of the molecule is CCCCBc1ccc(OC)cc1.O.O. The van der Waals surface area contributed by atoms with E-state index in [0.717, 1.165) is 5.75 Å². The van der Waals surface area contributed by atoms with Gasteiger partial charge in [-0.25, -0.2) is 0 Å². The largest absolute Gasteiger partial charge is 0.497 e. The van der Waals surface area contributed by atoms with Crippen molar-refractivity contribution in [3.05, 3.63) is 24.3 Å². The van der Waals surface area contributed by atoms with E-state index < -0.39 is 0 Å². The molecule has 4 N–H and O–H groups in total. The van der Waals surface area contributed by atoms with Gasteiger partial charge in [-0.1, -0.05) is 43.7 Å². The van der Waals surface area contributed by atoms with Crippen molar-refractivity contribution in [2.75, 3.05) is 7.11 Å². The summed E-state index contributed by atoms with van der Waals surface area (Å²) in [6.45, 7) is 2.23. The molecular weight excluding hydrogens is 191 g/mol. The maximum Gasteiger partial charge on any atom is 0.157 e. The predicted octanol–water partition coefficient (Wildman–Crippen LogP) is 0.326. The molecule has 0 spiro atoms. The van der Waals surface area contributed by atoms with Gasteiger partial charge >= 0.3 is 0 Å². The van der Waals surface area contributed by atoms with Crippen LogP contribution in [-0.2, 0) is 0 Å². The fraction of sp³-hybridized carbons (Fsp3) is 0.455. The fourth-order valence-electron chi connectivity index (χ4n) is 1.37. The normalized spacial score (nSPS) is 8.40. The Bertz CT molecular complexity index is 236. The molecule has 0 atom stereocenters. The lowest BCUT2D eigenvalue weighted by atomic mass is 9.66. The molecule has 0 aliphatic heterocycles. The van der Waals surface area contributed by atoms with Gasteiger partial charge in [-0.05, 0) is 12.1 Å². The second-order valence-electron chi connectivity index (χ2n) is 3.31. The van der Waals surface area contributed by atoms with Crippen molar-refractivity contribution in [1.29, 1.82) is 0 Å². The van der Waals surface area contributed by atoms with E-state index in [2.05, 4.69) is 19.1 Å². The highest BCUT2D eigenvalue weighted by Crippen LogP contribution is 2.05. The summed E-state index contributed by atoms with van der Waals surface area (Å²) in [7, 11) is 2.89. The van der Waals surface area contributed by atoms with Crippen molar-refractivity contribution < 1.29 is 15.7 Å². The van der Waals surface area contributed by atoms with Gasteiger partial charge < -0.3 is 15.7 Å². The Kier molecular flexibility index (Phi) is 10.5. The van der Waals surface area contributed by atoms with Gasteiger partial charge in [0.05, 0.1) is 7.11 Å². The van der Waals surface area contributed by atoms with Crippen LogP contribution >= 0.6 is 0 Å². The van der Waals surface area contributed by atoms with Gasteiger partial charge in [0, 0.05) is 0 Å². The van der Waals surface area contributed by atoms with E-state index in [-0.39, 0.29) is 11.0 Å². The maximum absolute atomic E-state index is 5.09. The van der Waals surface area contributed by atoms with Crippen LogP contribution in [0.2, 0.25) is 6.32 Å². The molecule has 0 unspecified atom stereocenters. The van der Waals surface area contributed by atoms with Crippen molar-refractivity contribution in [1.82, 2.24) is 0 Å². The molecule has 0 bridgehead atoms. The van der Waals surface area contributed by atoms with Gasteiger partial charge in [-0.2, -0.15) is 0 Å². The summed E-state index contributed by atoms with van der Waals surface area (Å²) in [5, 5.41) is 0. The van der Waals surface area contributed by atoms with E-state index in [1.54, 1.807) is 7.11 Å². The van der Waals surface area contributed by atoms with Crippen molar-refractivity contribution in [3.8, 4) is 5.75 Å². The second-order valence-corrected chi connectivity index (χ2v) is 3.31. The standard InChI is InChI=1S/C11H17BO.2H2O/c1-3-4-9-12-10-5-7-11(13-2)8-6-10;;/h5-8,12H,3-4,9H2,1-2H3;2*1H2. The summed E-state index contributed by atoms with van der Waals surface area (Å²) in [5.41, 5.74) is 1.41. The molecule has 0 saturated carbocycles. The van der Waals surface area contributed by atoms with Crippen LogP contribution in [0, 0.1) is 0 Å². The van der Waals surface area contributed by atoms with E-state index in [1.807, 2.05) is 12.1 Å². The Morgan fingerprint density at radius 2 is 1.73 bits per heavy atom. The molecular formula is C11H21BO3. The van der Waals surface area contributed by atoms with Crippen LogP contribution in [0.15, 0.2) is 24.3 Å². The average molecular weight is 212 g/mol. The Hall–Kier alpha value is -0.995. The third-order valence-corrected chi connectivity index (χ3v) is 2.23. The Labute approximate surface area is 92.3 Å². The van der Waals surface area contributed by atoms with E-state index in [9.17, 15) is 0 Å². The number of benzene rings is 1. The molecule has 1 aromatic carbocycles. The molecule has 0 aromatic heterocycles. The van der Waals surface area contributed by atoms with E-state index in [1.165, 1.54) is 31.9 Å². The van der Waals surface area contributed by atoms with E-state index in [4.69, 9.17) is 4.74 Å². The van der Waals surface area contributed by atoms with Crippen LogP contribution in [0.4, 0.5) is 0 Å². The molecule has 0 heterocycles. The first-order chi connectivity index (χ1) is 6.36. The number of rotatable bonds is 5. The van der Waals surface area contributed by atoms with Gasteiger partial charge in [0.2, 0.25) is 0 Å². The van der Waals surface area contributed by atoms with Crippen molar-refractivity contribution >= 4 is 12.7 Å². The molecule has 0 aliphatic carbocycles. The number of hydrogen-bond donors (Lipinski definition) is 0. The summed E-state index contributed by atoms with van der Waals surface area (Å²) < 4.78 is 5.09. The summed E-state index contributed by atoms with van der Waals surface area (Å²) >= 11 is 0. The number of ether oxygens (including phenoxy) is 1. The first kappa shape index (κ1) is 16.4. The minimum atomic E-state index is 0. The monoisotopic (exact) mass is 212 g/mol. The topological polar surface area (TPSA) is 72.2 Å². The summed E-state index contributed by atoms with van der Waals surface area (Å²) in [5.74, 6) is 0.944. The Morgan fingerprint density at radius 1 is 1.13 bits per heavy atom. The summed E-state index contributed by atoms with van der Waals surface area (Å²) in [6.07, 6.45) is 3.91. The zero-order chi connectivity index (χ0) is 9.52. The predicted molar refractivity (Wildman–Crippen MR) is 66.7 cm³/mol. The molecule has 1 aromatic rings. The van der Waals surface area contributed by atoms with Crippen molar-refractivity contribution in [2.45, 2.75) is 26.1 Å². The molecule has 1 rings (SSSR count). The first-order valence-electron chi connectivity index (χ1n) is 4.99. The van der Waals surface area contributed by atoms with E-state index >= 15 is 0 Å². The quantitative estimate of drug-likeness (QED) is 0.511. The minimum Gasteiger partial charge on any atom is -0.497 e. The third kappa shape index (κ3) is 6.15. The highest BCUT2D eigenvalue weighted by Gasteiger charge is 1.95. The average Bonchev–Trinajstić information content (AvgIpc) is 2.19. The Balaban J connectivity index is 0. The Morgan fingerprint density at radius 3 is 2.20 bits per heavy atom. The lowest BCUT2D eigenvalue weighted by molar-refractivity contribution is 0.415. The highest BCUT2D eigenvalue weighted by atomic mass is 16.5. The zero-order valence-corrected chi connectivity index (χ0v) is 9.55. The molecule has 4 heteroatoms. The molecule has 0 saturated heterocycles. The van der Waals surface area contributed by atoms with E-state index in [0.29, 0.717) is 0 Å². The van der Waals surface area contributed by atoms with Crippen LogP contribution in [0.25, 0.3) is 0 Å². The fourth-order valence-corrected chi connectivity index (χ4v) is 1.37. The van der Waals surface area contributed by atoms with Gasteiger partial charge in [0.25, 0.3) is 0 Å². The molecule has 3 nitrogen and oxygen atoms in total. The van der Waals surface area contributed by atoms with Crippen LogP contribution in [0.3, 0.4) is 0 Å². The highest BCUT2D eigenvalue weighted by molar-refractivity contribution is 6.53. The second kappa shape index (κ2) is 9.56. The van der Waals surface area contributed by atoms with Crippen LogP contribution < -0.4 is 10.2 Å². The number of methoxy groups -OCH3 is 1. The maximum atomic E-state index is 5.09. The van der Waals surface area contributed by atoms with Crippen molar-refractivity contribution in [3.63, 3.8) is 0 Å². The molecule has 0 radical (unpaired) electrons. The lowest BCUT2D eigenvalue weighted by Crippen LogP contribution is -2.12. The zero-order valence-electron chi connectivity index (χ0n) is 9.55. The van der Waals surface area contributed by atoms with Gasteiger partial charge in [0.1, 0.15) is 5.75 Å². The molecule has 15 heavy (non-hydrogen) atoms. The number of unbranched alkanes of at least 4 members (excludes halogenated alkanes) is 1.